The van der Waals surface area contributed by atoms with E-state index in [1.54, 1.807) is 0 Å². The fourth-order valence-corrected chi connectivity index (χ4v) is 5.07. The Balaban J connectivity index is 1.28. The molecule has 3 aliphatic rings. The Morgan fingerprint density at radius 1 is 1.29 bits per heavy atom. The van der Waals surface area contributed by atoms with Crippen molar-refractivity contribution >= 4 is 5.91 Å². The topological polar surface area (TPSA) is 53.0 Å². The van der Waals surface area contributed by atoms with Gasteiger partial charge in [-0.3, -0.25) is 9.69 Å². The van der Waals surface area contributed by atoms with Crippen LogP contribution >= 0.6 is 0 Å². The predicted molar refractivity (Wildman–Crippen MR) is 109 cm³/mol. The van der Waals surface area contributed by atoms with Gasteiger partial charge in [0.1, 0.15) is 0 Å². The van der Waals surface area contributed by atoms with Crippen LogP contribution in [0.2, 0.25) is 0 Å². The van der Waals surface area contributed by atoms with E-state index in [4.69, 9.17) is 4.74 Å². The Hall–Kier alpha value is -1.43. The van der Waals surface area contributed by atoms with Crippen molar-refractivity contribution in [2.45, 2.75) is 51.7 Å². The second-order valence-corrected chi connectivity index (χ2v) is 9.39. The molecule has 0 aliphatic carbocycles. The smallest absolute Gasteiger partial charge is 0.253 e. The minimum absolute atomic E-state index is 0.158. The summed E-state index contributed by atoms with van der Waals surface area (Å²) in [6.07, 6.45) is 4.26. The Morgan fingerprint density at radius 2 is 2.07 bits per heavy atom. The molecule has 3 heterocycles. The third kappa shape index (κ3) is 4.27. The van der Waals surface area contributed by atoms with Gasteiger partial charge in [0, 0.05) is 31.7 Å². The summed E-state index contributed by atoms with van der Waals surface area (Å²) in [7, 11) is 0. The van der Waals surface area contributed by atoms with Crippen molar-refractivity contribution in [1.29, 1.82) is 0 Å². The van der Waals surface area contributed by atoms with Gasteiger partial charge in [-0.15, -0.1) is 0 Å². The molecule has 28 heavy (non-hydrogen) atoms. The highest BCUT2D eigenvalue weighted by molar-refractivity contribution is 5.94. The molecule has 0 aromatic heterocycles. The number of β-amino-alcohol motifs (C(OH)–C–C–N with tert-alkyl or cyclic N) is 1. The lowest BCUT2D eigenvalue weighted by molar-refractivity contribution is 0.000908. The Labute approximate surface area is 168 Å². The standard InChI is InChI=1S/C23H34N2O3/c1-17-4-3-5-19(12-17)22(27)25-10-7-23(8-11-25)13-20(28-16-23)14-24-9-6-18(2)21(26)15-24/h3-5,12,18,20-21,26H,6-11,13-16H2,1-2H3/t18-,20-,21-/m1/s1. The van der Waals surface area contributed by atoms with Crippen LogP contribution in [0.25, 0.3) is 0 Å². The van der Waals surface area contributed by atoms with Crippen LogP contribution < -0.4 is 0 Å². The van der Waals surface area contributed by atoms with Crippen molar-refractivity contribution in [3.63, 3.8) is 0 Å². The molecule has 1 N–H and O–H groups in total. The molecule has 154 valence electrons. The van der Waals surface area contributed by atoms with Crippen molar-refractivity contribution in [3.05, 3.63) is 35.4 Å². The van der Waals surface area contributed by atoms with Crippen LogP contribution in [0.5, 0.6) is 0 Å². The number of aryl methyl sites for hydroxylation is 1. The van der Waals surface area contributed by atoms with Crippen LogP contribution in [-0.4, -0.2) is 72.4 Å². The van der Waals surface area contributed by atoms with Crippen molar-refractivity contribution in [2.75, 3.05) is 39.3 Å². The molecule has 1 amide bonds. The Kier molecular flexibility index (Phi) is 5.77. The molecule has 3 atom stereocenters. The lowest BCUT2D eigenvalue weighted by Crippen LogP contribution is -2.46. The highest BCUT2D eigenvalue weighted by Crippen LogP contribution is 2.42. The number of aliphatic hydroxyl groups excluding tert-OH is 1. The molecule has 5 heteroatoms. The lowest BCUT2D eigenvalue weighted by atomic mass is 9.76. The van der Waals surface area contributed by atoms with Gasteiger partial charge in [0.15, 0.2) is 0 Å². The number of aliphatic hydroxyl groups is 1. The van der Waals surface area contributed by atoms with E-state index in [-0.39, 0.29) is 23.5 Å². The van der Waals surface area contributed by atoms with Gasteiger partial charge in [-0.2, -0.15) is 0 Å². The summed E-state index contributed by atoms with van der Waals surface area (Å²) in [5, 5.41) is 10.1. The zero-order chi connectivity index (χ0) is 19.7. The van der Waals surface area contributed by atoms with Crippen molar-refractivity contribution < 1.29 is 14.6 Å². The number of hydrogen-bond donors (Lipinski definition) is 1. The fourth-order valence-electron chi connectivity index (χ4n) is 5.07. The first-order valence-corrected chi connectivity index (χ1v) is 10.8. The van der Waals surface area contributed by atoms with E-state index in [0.29, 0.717) is 5.92 Å². The lowest BCUT2D eigenvalue weighted by Gasteiger charge is -2.39. The molecule has 5 nitrogen and oxygen atoms in total. The maximum Gasteiger partial charge on any atom is 0.253 e. The number of rotatable bonds is 3. The van der Waals surface area contributed by atoms with Crippen LogP contribution in [0.4, 0.5) is 0 Å². The molecule has 1 aromatic carbocycles. The van der Waals surface area contributed by atoms with E-state index >= 15 is 0 Å². The number of ether oxygens (including phenoxy) is 1. The molecule has 3 saturated heterocycles. The van der Waals surface area contributed by atoms with Crippen LogP contribution in [0.1, 0.15) is 48.5 Å². The highest BCUT2D eigenvalue weighted by Gasteiger charge is 2.43. The van der Waals surface area contributed by atoms with Crippen molar-refractivity contribution in [2.24, 2.45) is 11.3 Å². The average Bonchev–Trinajstić information content (AvgIpc) is 3.07. The number of amides is 1. The minimum atomic E-state index is -0.208. The third-order valence-electron chi connectivity index (χ3n) is 7.13. The van der Waals surface area contributed by atoms with Gasteiger partial charge in [-0.25, -0.2) is 0 Å². The minimum Gasteiger partial charge on any atom is -0.392 e. The molecular weight excluding hydrogens is 352 g/mol. The molecule has 0 bridgehead atoms. The number of carbonyl (C=O) groups is 1. The maximum absolute atomic E-state index is 12.8. The molecule has 4 rings (SSSR count). The van der Waals surface area contributed by atoms with Gasteiger partial charge in [0.2, 0.25) is 0 Å². The summed E-state index contributed by atoms with van der Waals surface area (Å²) in [6.45, 7) is 9.38. The van der Waals surface area contributed by atoms with Crippen LogP contribution in [0, 0.1) is 18.3 Å². The first-order chi connectivity index (χ1) is 13.4. The van der Waals surface area contributed by atoms with E-state index in [1.807, 2.05) is 36.1 Å². The molecule has 1 aromatic rings. The van der Waals surface area contributed by atoms with Crippen LogP contribution in [-0.2, 0) is 4.74 Å². The molecule has 1 spiro atoms. The maximum atomic E-state index is 12.8. The van der Waals surface area contributed by atoms with E-state index in [9.17, 15) is 9.90 Å². The number of piperidine rings is 2. The molecule has 0 radical (unpaired) electrons. The highest BCUT2D eigenvalue weighted by atomic mass is 16.5. The average molecular weight is 387 g/mol. The summed E-state index contributed by atoms with van der Waals surface area (Å²) in [6, 6.07) is 7.89. The number of benzene rings is 1. The number of nitrogens with zero attached hydrogens (tertiary/aromatic N) is 2. The molecule has 0 saturated carbocycles. The van der Waals surface area contributed by atoms with Crippen molar-refractivity contribution in [3.8, 4) is 0 Å². The van der Waals surface area contributed by atoms with Gasteiger partial charge in [-0.05, 0) is 62.6 Å². The van der Waals surface area contributed by atoms with Crippen LogP contribution in [0.3, 0.4) is 0 Å². The Morgan fingerprint density at radius 3 is 2.79 bits per heavy atom. The van der Waals surface area contributed by atoms with Gasteiger partial charge < -0.3 is 14.7 Å². The SMILES string of the molecule is Cc1cccc(C(=O)N2CCC3(CC2)CO[C@@H](CN2CC[C@@H](C)[C@H](O)C2)C3)c1. The number of hydrogen-bond acceptors (Lipinski definition) is 4. The summed E-state index contributed by atoms with van der Waals surface area (Å²) in [5.41, 5.74) is 2.16. The van der Waals surface area contributed by atoms with Gasteiger partial charge in [0.05, 0.1) is 18.8 Å². The molecule has 3 aliphatic heterocycles. The second kappa shape index (κ2) is 8.13. The second-order valence-electron chi connectivity index (χ2n) is 9.39. The van der Waals surface area contributed by atoms with Gasteiger partial charge in [0.25, 0.3) is 5.91 Å². The molecular formula is C23H34N2O3. The van der Waals surface area contributed by atoms with E-state index in [2.05, 4.69) is 11.8 Å². The first kappa shape index (κ1) is 19.9. The summed E-state index contributed by atoms with van der Waals surface area (Å²) < 4.78 is 6.18. The molecule has 0 unspecified atom stereocenters. The van der Waals surface area contributed by atoms with Gasteiger partial charge >= 0.3 is 0 Å². The summed E-state index contributed by atoms with van der Waals surface area (Å²) in [5.74, 6) is 0.563. The molecule has 3 fully saturated rings. The number of likely N-dealkylation sites (tertiary alicyclic amines) is 2. The zero-order valence-electron chi connectivity index (χ0n) is 17.3. The van der Waals surface area contributed by atoms with Gasteiger partial charge in [-0.1, -0.05) is 24.6 Å². The largest absolute Gasteiger partial charge is 0.392 e. The monoisotopic (exact) mass is 386 g/mol. The predicted octanol–water partition coefficient (Wildman–Crippen LogP) is 2.71. The summed E-state index contributed by atoms with van der Waals surface area (Å²) >= 11 is 0. The van der Waals surface area contributed by atoms with E-state index in [1.165, 1.54) is 0 Å². The zero-order valence-corrected chi connectivity index (χ0v) is 17.3. The number of carbonyl (C=O) groups excluding carboxylic acids is 1. The normalized spacial score (nSPS) is 30.7. The van der Waals surface area contributed by atoms with E-state index in [0.717, 1.165) is 76.1 Å². The van der Waals surface area contributed by atoms with E-state index < -0.39 is 0 Å². The van der Waals surface area contributed by atoms with Crippen molar-refractivity contribution in [1.82, 2.24) is 9.80 Å². The first-order valence-electron chi connectivity index (χ1n) is 10.8. The summed E-state index contributed by atoms with van der Waals surface area (Å²) in [4.78, 5) is 17.2. The fraction of sp³-hybridized carbons (Fsp3) is 0.696. The quantitative estimate of drug-likeness (QED) is 0.868. The van der Waals surface area contributed by atoms with Crippen LogP contribution in [0.15, 0.2) is 24.3 Å². The Bertz CT molecular complexity index is 699. The third-order valence-corrected chi connectivity index (χ3v) is 7.13.